The van der Waals surface area contributed by atoms with Gasteiger partial charge in [0.1, 0.15) is 11.4 Å². The average molecular weight is 410 g/mol. The molecule has 1 aliphatic rings. The van der Waals surface area contributed by atoms with Crippen molar-refractivity contribution in [3.63, 3.8) is 0 Å². The number of benzene rings is 1. The van der Waals surface area contributed by atoms with Crippen molar-refractivity contribution in [3.8, 4) is 5.75 Å². The molecule has 5 nitrogen and oxygen atoms in total. The number of hydrogen-bond acceptors (Lipinski definition) is 5. The molecule has 0 amide bonds. The van der Waals surface area contributed by atoms with Crippen molar-refractivity contribution in [1.82, 2.24) is 0 Å². The Bertz CT molecular complexity index is 731. The Kier molecular flexibility index (Phi) is 7.71. The maximum atomic E-state index is 12.3. The Morgan fingerprint density at radius 1 is 1.15 bits per heavy atom. The molecule has 0 bridgehead atoms. The van der Waals surface area contributed by atoms with E-state index in [4.69, 9.17) is 4.74 Å². The molecule has 2 rings (SSSR count). The standard InChI is InChI=1S/C15H19F3O5S.C3H6/c1-10(13(19)22-14(2,3)4)8-11-6-5-7-12(9-11)23-24(20,21)15(16,17)18;1-2-3-1/h5-7,9-10H,8H2,1-4H3;1-3H2. The molecule has 1 aliphatic carbocycles. The molecule has 1 fully saturated rings. The van der Waals surface area contributed by atoms with Crippen molar-refractivity contribution in [3.05, 3.63) is 29.8 Å². The summed E-state index contributed by atoms with van der Waals surface area (Å²) in [6.45, 7) is 6.75. The summed E-state index contributed by atoms with van der Waals surface area (Å²) >= 11 is 0. The van der Waals surface area contributed by atoms with Crippen molar-refractivity contribution in [1.29, 1.82) is 0 Å². The predicted octanol–water partition coefficient (Wildman–Crippen LogP) is 4.61. The molecule has 1 aromatic rings. The first-order chi connectivity index (χ1) is 12.2. The maximum Gasteiger partial charge on any atom is 0.534 e. The zero-order chi connectivity index (χ0) is 20.9. The number of esters is 1. The van der Waals surface area contributed by atoms with Crippen molar-refractivity contribution < 1.29 is 35.3 Å². The van der Waals surface area contributed by atoms with Gasteiger partial charge in [-0.05, 0) is 44.9 Å². The van der Waals surface area contributed by atoms with E-state index in [1.165, 1.54) is 25.3 Å². The molecule has 0 aliphatic heterocycles. The Labute approximate surface area is 158 Å². The third-order valence-corrected chi connectivity index (χ3v) is 4.07. The second-order valence-electron chi connectivity index (χ2n) is 7.33. The minimum absolute atomic E-state index is 0.165. The van der Waals surface area contributed by atoms with Crippen LogP contribution in [0.4, 0.5) is 13.2 Å². The summed E-state index contributed by atoms with van der Waals surface area (Å²) in [5, 5.41) is 0. The van der Waals surface area contributed by atoms with Crippen molar-refractivity contribution in [2.75, 3.05) is 0 Å². The topological polar surface area (TPSA) is 69.7 Å². The highest BCUT2D eigenvalue weighted by molar-refractivity contribution is 7.88. The molecular weight excluding hydrogens is 385 g/mol. The van der Waals surface area contributed by atoms with Crippen LogP contribution in [0.5, 0.6) is 5.75 Å². The number of carbonyl (C=O) groups excluding carboxylic acids is 1. The molecule has 1 aromatic carbocycles. The molecule has 9 heteroatoms. The SMILES string of the molecule is C1CC1.CC(Cc1cccc(OS(=O)(=O)C(F)(F)F)c1)C(=O)OC(C)(C)C. The monoisotopic (exact) mass is 410 g/mol. The van der Waals surface area contributed by atoms with Crippen LogP contribution in [0.15, 0.2) is 24.3 Å². The number of carbonyl (C=O) groups is 1. The third-order valence-electron chi connectivity index (χ3n) is 3.09. The van der Waals surface area contributed by atoms with Gasteiger partial charge in [0.2, 0.25) is 0 Å². The number of halogens is 3. The molecule has 0 spiro atoms. The highest BCUT2D eigenvalue weighted by Crippen LogP contribution is 2.27. The van der Waals surface area contributed by atoms with Gasteiger partial charge < -0.3 is 8.92 Å². The summed E-state index contributed by atoms with van der Waals surface area (Å²) in [7, 11) is -5.73. The molecule has 27 heavy (non-hydrogen) atoms. The summed E-state index contributed by atoms with van der Waals surface area (Å²) in [5.41, 5.74) is -5.72. The van der Waals surface area contributed by atoms with Crippen LogP contribution in [0.2, 0.25) is 0 Å². The van der Waals surface area contributed by atoms with E-state index in [1.54, 1.807) is 33.8 Å². The van der Waals surface area contributed by atoms with Gasteiger partial charge in [-0.3, -0.25) is 4.79 Å². The van der Waals surface area contributed by atoms with Crippen molar-refractivity contribution in [2.24, 2.45) is 5.92 Å². The molecule has 0 aromatic heterocycles. The van der Waals surface area contributed by atoms with Crippen LogP contribution < -0.4 is 4.18 Å². The fourth-order valence-electron chi connectivity index (χ4n) is 1.74. The van der Waals surface area contributed by atoms with E-state index in [9.17, 15) is 26.4 Å². The van der Waals surface area contributed by atoms with E-state index in [0.29, 0.717) is 5.56 Å². The van der Waals surface area contributed by atoms with Gasteiger partial charge in [0, 0.05) is 0 Å². The first kappa shape index (κ1) is 23.3. The minimum atomic E-state index is -5.73. The Balaban J connectivity index is 0.00000110. The zero-order valence-electron chi connectivity index (χ0n) is 15.8. The molecule has 0 radical (unpaired) electrons. The van der Waals surface area contributed by atoms with Gasteiger partial charge in [-0.2, -0.15) is 21.6 Å². The van der Waals surface area contributed by atoms with E-state index < -0.39 is 38.9 Å². The summed E-state index contributed by atoms with van der Waals surface area (Å²) in [5.74, 6) is -1.49. The molecule has 0 saturated heterocycles. The quantitative estimate of drug-likeness (QED) is 0.403. The van der Waals surface area contributed by atoms with E-state index >= 15 is 0 Å². The summed E-state index contributed by atoms with van der Waals surface area (Å²) in [6, 6.07) is 5.13. The second-order valence-corrected chi connectivity index (χ2v) is 8.87. The normalized spacial score (nSPS) is 15.2. The van der Waals surface area contributed by atoms with Crippen molar-refractivity contribution in [2.45, 2.75) is 64.5 Å². The fourth-order valence-corrected chi connectivity index (χ4v) is 2.19. The predicted molar refractivity (Wildman–Crippen MR) is 94.6 cm³/mol. The van der Waals surface area contributed by atoms with Crippen LogP contribution in [0, 0.1) is 5.92 Å². The lowest BCUT2D eigenvalue weighted by Crippen LogP contribution is -2.28. The van der Waals surface area contributed by atoms with Gasteiger partial charge >= 0.3 is 21.6 Å². The van der Waals surface area contributed by atoms with Gasteiger partial charge in [0.25, 0.3) is 0 Å². The molecule has 1 atom stereocenters. The van der Waals surface area contributed by atoms with Crippen LogP contribution in [0.1, 0.15) is 52.5 Å². The van der Waals surface area contributed by atoms with Crippen molar-refractivity contribution >= 4 is 16.1 Å². The minimum Gasteiger partial charge on any atom is -0.460 e. The fraction of sp³-hybridized carbons (Fsp3) is 0.611. The largest absolute Gasteiger partial charge is 0.534 e. The summed E-state index contributed by atoms with van der Waals surface area (Å²) < 4.78 is 68.2. The summed E-state index contributed by atoms with van der Waals surface area (Å²) in [6.07, 6.45) is 4.66. The molecule has 1 saturated carbocycles. The van der Waals surface area contributed by atoms with Crippen LogP contribution in [0.3, 0.4) is 0 Å². The highest BCUT2D eigenvalue weighted by Gasteiger charge is 2.48. The first-order valence-corrected chi connectivity index (χ1v) is 9.95. The van der Waals surface area contributed by atoms with E-state index in [0.717, 1.165) is 12.1 Å². The van der Waals surface area contributed by atoms with Gasteiger partial charge in [0.05, 0.1) is 5.92 Å². The van der Waals surface area contributed by atoms with E-state index in [2.05, 4.69) is 4.18 Å². The van der Waals surface area contributed by atoms with Gasteiger partial charge in [-0.15, -0.1) is 0 Å². The Morgan fingerprint density at radius 2 is 1.70 bits per heavy atom. The van der Waals surface area contributed by atoms with Crippen LogP contribution >= 0.6 is 0 Å². The van der Waals surface area contributed by atoms with E-state index in [1.807, 2.05) is 0 Å². The second kappa shape index (κ2) is 8.95. The summed E-state index contributed by atoms with van der Waals surface area (Å²) in [4.78, 5) is 11.9. The van der Waals surface area contributed by atoms with Crippen LogP contribution in [0.25, 0.3) is 0 Å². The average Bonchev–Trinajstić information content (AvgIpc) is 3.32. The lowest BCUT2D eigenvalue weighted by molar-refractivity contribution is -0.159. The van der Waals surface area contributed by atoms with Gasteiger partial charge in [-0.25, -0.2) is 0 Å². The molecule has 0 N–H and O–H groups in total. The van der Waals surface area contributed by atoms with Crippen LogP contribution in [-0.2, 0) is 26.1 Å². The first-order valence-electron chi connectivity index (χ1n) is 8.54. The smallest absolute Gasteiger partial charge is 0.460 e. The maximum absolute atomic E-state index is 12.3. The van der Waals surface area contributed by atoms with E-state index in [-0.39, 0.29) is 6.42 Å². The number of alkyl halides is 3. The molecule has 154 valence electrons. The number of ether oxygens (including phenoxy) is 1. The Hall–Kier alpha value is -1.77. The highest BCUT2D eigenvalue weighted by atomic mass is 32.2. The molecule has 1 unspecified atom stereocenters. The number of hydrogen-bond donors (Lipinski definition) is 0. The van der Waals surface area contributed by atoms with Crippen LogP contribution in [-0.4, -0.2) is 25.5 Å². The molecule has 0 heterocycles. The van der Waals surface area contributed by atoms with Gasteiger partial charge in [-0.1, -0.05) is 38.3 Å². The Morgan fingerprint density at radius 3 is 2.15 bits per heavy atom. The van der Waals surface area contributed by atoms with Gasteiger partial charge in [0.15, 0.2) is 0 Å². The molecular formula is C18H25F3O5S. The lowest BCUT2D eigenvalue weighted by atomic mass is 10.0. The zero-order valence-corrected chi connectivity index (χ0v) is 16.6. The number of rotatable bonds is 5. The lowest BCUT2D eigenvalue weighted by Gasteiger charge is -2.22. The third kappa shape index (κ3) is 9.12.